The minimum absolute atomic E-state index is 0.0857. The van der Waals surface area contributed by atoms with Gasteiger partial charge in [-0.15, -0.1) is 0 Å². The molecular formula is C8H11N3OS. The first-order chi connectivity index (χ1) is 6.22. The third kappa shape index (κ3) is 3.33. The number of aryl methyl sites for hydroxylation is 1. The standard InChI is InChI=1S/C8H11N3OS/c1-3-8(12)10-9-5-7-4-6(2)11-13-7/h4-5H,3H2,1-2H3,(H,10,12)/b9-5+. The van der Waals surface area contributed by atoms with Crippen molar-refractivity contribution in [2.24, 2.45) is 5.10 Å². The quantitative estimate of drug-likeness (QED) is 0.586. The molecule has 0 unspecified atom stereocenters. The summed E-state index contributed by atoms with van der Waals surface area (Å²) in [7, 11) is 0. The zero-order chi connectivity index (χ0) is 9.68. The van der Waals surface area contributed by atoms with E-state index in [4.69, 9.17) is 0 Å². The average molecular weight is 197 g/mol. The van der Waals surface area contributed by atoms with Crippen molar-refractivity contribution in [1.82, 2.24) is 9.80 Å². The van der Waals surface area contributed by atoms with Gasteiger partial charge >= 0.3 is 0 Å². The topological polar surface area (TPSA) is 54.4 Å². The molecule has 70 valence electrons. The van der Waals surface area contributed by atoms with Crippen molar-refractivity contribution in [3.63, 3.8) is 0 Å². The molecular weight excluding hydrogens is 186 g/mol. The first-order valence-electron chi connectivity index (χ1n) is 3.97. The molecule has 1 rings (SSSR count). The Kier molecular flexibility index (Phi) is 3.57. The fraction of sp³-hybridized carbons (Fsp3) is 0.375. The normalized spacial score (nSPS) is 10.6. The van der Waals surface area contributed by atoms with Crippen molar-refractivity contribution in [2.45, 2.75) is 20.3 Å². The van der Waals surface area contributed by atoms with Crippen LogP contribution >= 0.6 is 11.5 Å². The van der Waals surface area contributed by atoms with Gasteiger partial charge in [-0.2, -0.15) is 9.47 Å². The summed E-state index contributed by atoms with van der Waals surface area (Å²) < 4.78 is 4.07. The largest absolute Gasteiger partial charge is 0.273 e. The van der Waals surface area contributed by atoms with Crippen LogP contribution in [0, 0.1) is 6.92 Å². The first kappa shape index (κ1) is 9.85. The van der Waals surface area contributed by atoms with Gasteiger partial charge < -0.3 is 0 Å². The summed E-state index contributed by atoms with van der Waals surface area (Å²) in [6.07, 6.45) is 2.04. The highest BCUT2D eigenvalue weighted by Gasteiger charge is 1.94. The molecule has 13 heavy (non-hydrogen) atoms. The molecule has 0 saturated carbocycles. The van der Waals surface area contributed by atoms with Gasteiger partial charge in [-0.25, -0.2) is 5.43 Å². The fourth-order valence-electron chi connectivity index (χ4n) is 0.691. The van der Waals surface area contributed by atoms with Gasteiger partial charge in [0, 0.05) is 6.42 Å². The maximum Gasteiger partial charge on any atom is 0.239 e. The number of rotatable bonds is 3. The summed E-state index contributed by atoms with van der Waals surface area (Å²) in [4.78, 5) is 11.7. The SMILES string of the molecule is CCC(=O)N/N=C/c1cc(C)ns1. The highest BCUT2D eigenvalue weighted by Crippen LogP contribution is 2.05. The summed E-state index contributed by atoms with van der Waals surface area (Å²) in [5.41, 5.74) is 3.37. The van der Waals surface area contributed by atoms with Crippen LogP contribution in [-0.2, 0) is 4.79 Å². The molecule has 1 amide bonds. The molecule has 0 radical (unpaired) electrons. The lowest BCUT2D eigenvalue weighted by molar-refractivity contribution is -0.120. The van der Waals surface area contributed by atoms with Gasteiger partial charge in [0.25, 0.3) is 0 Å². The minimum atomic E-state index is -0.0857. The number of carbonyl (C=O) groups is 1. The molecule has 0 saturated heterocycles. The molecule has 0 aliphatic heterocycles. The molecule has 4 nitrogen and oxygen atoms in total. The van der Waals surface area contributed by atoms with Crippen LogP contribution in [0.15, 0.2) is 11.2 Å². The third-order valence-electron chi connectivity index (χ3n) is 1.35. The van der Waals surface area contributed by atoms with Crippen molar-refractivity contribution in [2.75, 3.05) is 0 Å². The lowest BCUT2D eigenvalue weighted by atomic mass is 10.4. The van der Waals surface area contributed by atoms with E-state index in [0.717, 1.165) is 10.6 Å². The van der Waals surface area contributed by atoms with Crippen molar-refractivity contribution in [1.29, 1.82) is 0 Å². The Hall–Kier alpha value is -1.23. The van der Waals surface area contributed by atoms with Crippen molar-refractivity contribution in [3.8, 4) is 0 Å². The van der Waals surface area contributed by atoms with Crippen LogP contribution < -0.4 is 5.43 Å². The van der Waals surface area contributed by atoms with Crippen LogP contribution in [0.25, 0.3) is 0 Å². The second-order valence-corrected chi connectivity index (χ2v) is 3.35. The maximum atomic E-state index is 10.8. The third-order valence-corrected chi connectivity index (χ3v) is 2.16. The molecule has 0 aromatic carbocycles. The van der Waals surface area contributed by atoms with Crippen molar-refractivity contribution < 1.29 is 4.79 Å². The van der Waals surface area contributed by atoms with E-state index < -0.39 is 0 Å². The van der Waals surface area contributed by atoms with Crippen molar-refractivity contribution in [3.05, 3.63) is 16.6 Å². The van der Waals surface area contributed by atoms with E-state index in [-0.39, 0.29) is 5.91 Å². The summed E-state index contributed by atoms with van der Waals surface area (Å²) in [5, 5.41) is 3.77. The molecule has 1 heterocycles. The molecule has 0 bridgehead atoms. The zero-order valence-corrected chi connectivity index (χ0v) is 8.39. The number of nitrogens with one attached hydrogen (secondary N) is 1. The smallest absolute Gasteiger partial charge is 0.239 e. The van der Waals surface area contributed by atoms with E-state index in [2.05, 4.69) is 14.9 Å². The van der Waals surface area contributed by atoms with Crippen LogP contribution in [0.4, 0.5) is 0 Å². The van der Waals surface area contributed by atoms with Crippen LogP contribution in [0.2, 0.25) is 0 Å². The predicted molar refractivity (Wildman–Crippen MR) is 52.9 cm³/mol. The minimum Gasteiger partial charge on any atom is -0.273 e. The number of amides is 1. The summed E-state index contributed by atoms with van der Waals surface area (Å²) in [6, 6.07) is 1.91. The Morgan fingerprint density at radius 1 is 1.85 bits per heavy atom. The van der Waals surface area contributed by atoms with Crippen LogP contribution in [0.3, 0.4) is 0 Å². The Balaban J connectivity index is 2.45. The van der Waals surface area contributed by atoms with Crippen LogP contribution in [0.5, 0.6) is 0 Å². The second kappa shape index (κ2) is 4.71. The van der Waals surface area contributed by atoms with Gasteiger partial charge in [0.05, 0.1) is 16.8 Å². The second-order valence-electron chi connectivity index (χ2n) is 2.52. The van der Waals surface area contributed by atoms with Gasteiger partial charge in [0.2, 0.25) is 5.91 Å². The van der Waals surface area contributed by atoms with Crippen LogP contribution in [-0.4, -0.2) is 16.5 Å². The zero-order valence-electron chi connectivity index (χ0n) is 7.57. The highest BCUT2D eigenvalue weighted by atomic mass is 32.1. The molecule has 1 N–H and O–H groups in total. The van der Waals surface area contributed by atoms with E-state index in [1.54, 1.807) is 13.1 Å². The van der Waals surface area contributed by atoms with Gasteiger partial charge in [-0.1, -0.05) is 6.92 Å². The van der Waals surface area contributed by atoms with Gasteiger partial charge in [-0.05, 0) is 24.5 Å². The molecule has 0 atom stereocenters. The lowest BCUT2D eigenvalue weighted by Crippen LogP contribution is -2.15. The van der Waals surface area contributed by atoms with E-state index in [1.165, 1.54) is 11.5 Å². The molecule has 0 aliphatic carbocycles. The molecule has 1 aromatic heterocycles. The number of carbonyl (C=O) groups excluding carboxylic acids is 1. The van der Waals surface area contributed by atoms with Gasteiger partial charge in [0.1, 0.15) is 0 Å². The number of hydrogen-bond acceptors (Lipinski definition) is 4. The lowest BCUT2D eigenvalue weighted by Gasteiger charge is -1.91. The Morgan fingerprint density at radius 2 is 2.62 bits per heavy atom. The number of nitrogens with zero attached hydrogens (tertiary/aromatic N) is 2. The van der Waals surface area contributed by atoms with E-state index in [0.29, 0.717) is 6.42 Å². The van der Waals surface area contributed by atoms with E-state index >= 15 is 0 Å². The summed E-state index contributed by atoms with van der Waals surface area (Å²) >= 11 is 1.36. The van der Waals surface area contributed by atoms with E-state index in [1.807, 2.05) is 13.0 Å². The number of hydrazone groups is 1. The Morgan fingerprint density at radius 3 is 3.15 bits per heavy atom. The average Bonchev–Trinajstić information content (AvgIpc) is 2.51. The molecule has 0 spiro atoms. The van der Waals surface area contributed by atoms with Crippen LogP contribution in [0.1, 0.15) is 23.9 Å². The number of hydrogen-bond donors (Lipinski definition) is 1. The molecule has 0 aliphatic rings. The molecule has 5 heteroatoms. The molecule has 0 fully saturated rings. The monoisotopic (exact) mass is 197 g/mol. The van der Waals surface area contributed by atoms with E-state index in [9.17, 15) is 4.79 Å². The first-order valence-corrected chi connectivity index (χ1v) is 4.75. The van der Waals surface area contributed by atoms with Gasteiger partial charge in [-0.3, -0.25) is 4.79 Å². The predicted octanol–water partition coefficient (Wildman–Crippen LogP) is 1.31. The summed E-state index contributed by atoms with van der Waals surface area (Å²) in [5.74, 6) is -0.0857. The molecule has 1 aromatic rings. The Labute approximate surface area is 80.8 Å². The Bertz CT molecular complexity index is 319. The number of aromatic nitrogens is 1. The van der Waals surface area contributed by atoms with Gasteiger partial charge in [0.15, 0.2) is 0 Å². The maximum absolute atomic E-state index is 10.8. The highest BCUT2D eigenvalue weighted by molar-refractivity contribution is 7.07. The van der Waals surface area contributed by atoms with Crippen molar-refractivity contribution >= 4 is 23.7 Å². The fourth-order valence-corrected chi connectivity index (χ4v) is 1.32. The summed E-state index contributed by atoms with van der Waals surface area (Å²) in [6.45, 7) is 3.69.